The Labute approximate surface area is 357 Å². The monoisotopic (exact) mass is 792 g/mol. The maximum absolute atomic E-state index is 6.86. The van der Waals surface area contributed by atoms with Gasteiger partial charge in [0, 0.05) is 49.5 Å². The van der Waals surface area contributed by atoms with Gasteiger partial charge in [0.1, 0.15) is 11.2 Å². The highest BCUT2D eigenvalue weighted by Crippen LogP contribution is 2.41. The van der Waals surface area contributed by atoms with E-state index in [-0.39, 0.29) is 0 Å². The summed E-state index contributed by atoms with van der Waals surface area (Å²) in [6.45, 7) is 0. The number of benzene rings is 9. The van der Waals surface area contributed by atoms with Gasteiger partial charge in [-0.05, 0) is 88.5 Å². The zero-order valence-corrected chi connectivity index (χ0v) is 33.5. The fourth-order valence-electron chi connectivity index (χ4n) is 8.86. The van der Waals surface area contributed by atoms with Crippen molar-refractivity contribution >= 4 is 43.7 Å². The van der Waals surface area contributed by atoms with Crippen molar-refractivity contribution in [1.82, 2.24) is 19.5 Å². The van der Waals surface area contributed by atoms with Crippen molar-refractivity contribution in [3.63, 3.8) is 0 Å². The molecule has 0 fully saturated rings. The van der Waals surface area contributed by atoms with Gasteiger partial charge in [-0.1, -0.05) is 158 Å². The first-order valence-corrected chi connectivity index (χ1v) is 20.8. The van der Waals surface area contributed by atoms with Crippen LogP contribution >= 0.6 is 0 Å². The highest BCUT2D eigenvalue weighted by atomic mass is 16.3. The molecule has 290 valence electrons. The van der Waals surface area contributed by atoms with Gasteiger partial charge in [0.2, 0.25) is 0 Å². The first kappa shape index (κ1) is 35.5. The largest absolute Gasteiger partial charge is 0.455 e. The van der Waals surface area contributed by atoms with Crippen LogP contribution in [-0.4, -0.2) is 19.5 Å². The van der Waals surface area contributed by atoms with E-state index in [1.807, 2.05) is 42.5 Å². The van der Waals surface area contributed by atoms with E-state index in [0.29, 0.717) is 17.5 Å². The smallest absolute Gasteiger partial charge is 0.164 e. The summed E-state index contributed by atoms with van der Waals surface area (Å²) in [7, 11) is 0. The average molecular weight is 793 g/mol. The fourth-order valence-corrected chi connectivity index (χ4v) is 8.86. The SMILES string of the molecule is c1ccc(-c2cc(-c3ccccc3)cc(-c3nc(-c4ccccc4)nc(-c4ccc5c(c4)oc4c(-c6ccc7c(c6)c6ccccc6n7-c6ccccc6)cccc45)n3)c2)cc1. The molecule has 0 N–H and O–H groups in total. The second kappa shape index (κ2) is 14.7. The molecule has 0 saturated carbocycles. The second-order valence-electron chi connectivity index (χ2n) is 15.6. The highest BCUT2D eigenvalue weighted by Gasteiger charge is 2.19. The molecular weight excluding hydrogens is 757 g/mol. The molecule has 0 aliphatic heterocycles. The minimum Gasteiger partial charge on any atom is -0.455 e. The van der Waals surface area contributed by atoms with E-state index in [0.717, 1.165) is 83.2 Å². The standard InChI is InChI=1S/C57H36N4O/c1-5-16-37(17-6-1)42-32-43(38-18-7-2-8-19-38)34-44(33-42)57-59-55(39-20-9-3-10-21-39)58-56(60-57)41-28-30-48-49-26-15-25-46(54(49)62-53(48)36-41)40-29-31-52-50(35-40)47-24-13-14-27-51(47)61(52)45-22-11-4-12-23-45/h1-36H. The van der Waals surface area contributed by atoms with Crippen molar-refractivity contribution in [3.05, 3.63) is 218 Å². The van der Waals surface area contributed by atoms with Gasteiger partial charge >= 0.3 is 0 Å². The molecule has 0 unspecified atom stereocenters. The lowest BCUT2D eigenvalue weighted by atomic mass is 9.96. The second-order valence-corrected chi connectivity index (χ2v) is 15.6. The van der Waals surface area contributed by atoms with Crippen LogP contribution in [0, 0.1) is 0 Å². The minimum absolute atomic E-state index is 0.572. The Morgan fingerprint density at radius 1 is 0.306 bits per heavy atom. The molecule has 12 rings (SSSR count). The predicted molar refractivity (Wildman–Crippen MR) is 254 cm³/mol. The van der Waals surface area contributed by atoms with Gasteiger partial charge in [-0.3, -0.25) is 0 Å². The molecule has 3 heterocycles. The average Bonchev–Trinajstić information content (AvgIpc) is 3.90. The van der Waals surface area contributed by atoms with Crippen LogP contribution in [0.1, 0.15) is 0 Å². The fraction of sp³-hybridized carbons (Fsp3) is 0. The van der Waals surface area contributed by atoms with Gasteiger partial charge in [-0.2, -0.15) is 0 Å². The van der Waals surface area contributed by atoms with E-state index >= 15 is 0 Å². The van der Waals surface area contributed by atoms with Crippen molar-refractivity contribution in [3.8, 4) is 73.2 Å². The van der Waals surface area contributed by atoms with E-state index in [9.17, 15) is 0 Å². The molecule has 3 aromatic heterocycles. The maximum Gasteiger partial charge on any atom is 0.164 e. The molecule has 0 amide bonds. The summed E-state index contributed by atoms with van der Waals surface area (Å²) in [5.41, 5.74) is 14.3. The number of aromatic nitrogens is 4. The van der Waals surface area contributed by atoms with Gasteiger partial charge in [-0.15, -0.1) is 0 Å². The molecule has 9 aromatic carbocycles. The Bertz CT molecular complexity index is 3560. The first-order chi connectivity index (χ1) is 30.7. The number of fused-ring (bicyclic) bond motifs is 6. The van der Waals surface area contributed by atoms with E-state index in [2.05, 4.69) is 180 Å². The van der Waals surface area contributed by atoms with Crippen LogP contribution in [0.3, 0.4) is 0 Å². The van der Waals surface area contributed by atoms with E-state index in [1.165, 1.54) is 16.3 Å². The lowest BCUT2D eigenvalue weighted by Gasteiger charge is -2.12. The molecule has 0 aliphatic carbocycles. The molecule has 12 aromatic rings. The first-order valence-electron chi connectivity index (χ1n) is 20.8. The lowest BCUT2D eigenvalue weighted by Crippen LogP contribution is -2.00. The molecule has 0 spiro atoms. The number of nitrogens with zero attached hydrogens (tertiary/aromatic N) is 4. The van der Waals surface area contributed by atoms with Crippen molar-refractivity contribution in [2.75, 3.05) is 0 Å². The van der Waals surface area contributed by atoms with E-state index in [4.69, 9.17) is 19.4 Å². The van der Waals surface area contributed by atoms with Gasteiger partial charge in [0.25, 0.3) is 0 Å². The minimum atomic E-state index is 0.572. The van der Waals surface area contributed by atoms with Crippen molar-refractivity contribution in [2.45, 2.75) is 0 Å². The van der Waals surface area contributed by atoms with Gasteiger partial charge in [-0.25, -0.2) is 15.0 Å². The summed E-state index contributed by atoms with van der Waals surface area (Å²) in [6.07, 6.45) is 0. The summed E-state index contributed by atoms with van der Waals surface area (Å²) in [5.74, 6) is 1.77. The van der Waals surface area contributed by atoms with Crippen LogP contribution in [0.5, 0.6) is 0 Å². The molecule has 5 nitrogen and oxygen atoms in total. The molecule has 0 radical (unpaired) electrons. The van der Waals surface area contributed by atoms with Crippen LogP contribution in [0.25, 0.3) is 117 Å². The quantitative estimate of drug-likeness (QED) is 0.161. The molecular formula is C57H36N4O. The van der Waals surface area contributed by atoms with Crippen molar-refractivity contribution < 1.29 is 4.42 Å². The van der Waals surface area contributed by atoms with Gasteiger partial charge in [0.15, 0.2) is 17.5 Å². The Morgan fingerprint density at radius 2 is 0.839 bits per heavy atom. The van der Waals surface area contributed by atoms with Crippen LogP contribution < -0.4 is 0 Å². The summed E-state index contributed by atoms with van der Waals surface area (Å²) in [6, 6.07) is 76.3. The number of para-hydroxylation sites is 3. The molecule has 5 heteroatoms. The predicted octanol–water partition coefficient (Wildman–Crippen LogP) is 14.9. The van der Waals surface area contributed by atoms with Crippen LogP contribution in [0.4, 0.5) is 0 Å². The number of rotatable bonds is 7. The van der Waals surface area contributed by atoms with Crippen molar-refractivity contribution in [2.24, 2.45) is 0 Å². The zero-order chi connectivity index (χ0) is 41.0. The molecule has 0 saturated heterocycles. The third-order valence-corrected chi connectivity index (χ3v) is 11.8. The van der Waals surface area contributed by atoms with Gasteiger partial charge in [0.05, 0.1) is 11.0 Å². The Morgan fingerprint density at radius 3 is 1.53 bits per heavy atom. The summed E-state index contributed by atoms with van der Waals surface area (Å²) >= 11 is 0. The van der Waals surface area contributed by atoms with E-state index in [1.54, 1.807) is 0 Å². The molecule has 62 heavy (non-hydrogen) atoms. The number of hydrogen-bond donors (Lipinski definition) is 0. The van der Waals surface area contributed by atoms with Crippen molar-refractivity contribution in [1.29, 1.82) is 0 Å². The topological polar surface area (TPSA) is 56.7 Å². The van der Waals surface area contributed by atoms with Crippen LogP contribution in [0.15, 0.2) is 223 Å². The molecule has 0 aliphatic rings. The molecule has 0 bridgehead atoms. The molecule has 0 atom stereocenters. The summed E-state index contributed by atoms with van der Waals surface area (Å²) < 4.78 is 9.20. The van der Waals surface area contributed by atoms with Crippen LogP contribution in [0.2, 0.25) is 0 Å². The Balaban J connectivity index is 1.00. The van der Waals surface area contributed by atoms with Gasteiger partial charge < -0.3 is 8.98 Å². The number of hydrogen-bond acceptors (Lipinski definition) is 4. The third kappa shape index (κ3) is 6.14. The van der Waals surface area contributed by atoms with E-state index < -0.39 is 0 Å². The number of furan rings is 1. The normalized spacial score (nSPS) is 11.5. The summed E-state index contributed by atoms with van der Waals surface area (Å²) in [5, 5.41) is 4.50. The third-order valence-electron chi connectivity index (χ3n) is 11.8. The lowest BCUT2D eigenvalue weighted by molar-refractivity contribution is 0.670. The summed E-state index contributed by atoms with van der Waals surface area (Å²) in [4.78, 5) is 15.4. The zero-order valence-electron chi connectivity index (χ0n) is 33.5. The Hall–Kier alpha value is -8.41. The Kier molecular flexibility index (Phi) is 8.42. The van der Waals surface area contributed by atoms with Crippen LogP contribution in [-0.2, 0) is 0 Å². The highest BCUT2D eigenvalue weighted by molar-refractivity contribution is 6.13. The maximum atomic E-state index is 6.86.